The lowest BCUT2D eigenvalue weighted by Gasteiger charge is -2.17. The zero-order valence-electron chi connectivity index (χ0n) is 15.0. The van der Waals surface area contributed by atoms with Crippen LogP contribution in [0, 0.1) is 0 Å². The summed E-state index contributed by atoms with van der Waals surface area (Å²) in [5, 5.41) is 11.7. The molecular formula is C17H25NO7. The number of aliphatic carboxylic acids is 1. The second-order valence-corrected chi connectivity index (χ2v) is 5.26. The average molecular weight is 355 g/mol. The predicted octanol–water partition coefficient (Wildman–Crippen LogP) is 2.23. The van der Waals surface area contributed by atoms with Gasteiger partial charge in [-0.05, 0) is 24.1 Å². The van der Waals surface area contributed by atoms with Gasteiger partial charge in [0.1, 0.15) is 6.04 Å². The molecule has 0 heterocycles. The highest BCUT2D eigenvalue weighted by molar-refractivity contribution is 5.80. The number of amides is 1. The summed E-state index contributed by atoms with van der Waals surface area (Å²) in [6.45, 7) is 2.21. The van der Waals surface area contributed by atoms with E-state index in [0.29, 0.717) is 22.8 Å². The molecule has 0 saturated carbocycles. The topological polar surface area (TPSA) is 103 Å². The van der Waals surface area contributed by atoms with E-state index >= 15 is 0 Å². The normalized spacial score (nSPS) is 11.4. The molecule has 1 atom stereocenters. The van der Waals surface area contributed by atoms with E-state index in [2.05, 4.69) is 5.32 Å². The van der Waals surface area contributed by atoms with Crippen LogP contribution in [0.3, 0.4) is 0 Å². The monoisotopic (exact) mass is 355 g/mol. The van der Waals surface area contributed by atoms with E-state index in [0.717, 1.165) is 12.8 Å². The number of carbonyl (C=O) groups is 2. The van der Waals surface area contributed by atoms with E-state index in [-0.39, 0.29) is 13.0 Å². The summed E-state index contributed by atoms with van der Waals surface area (Å²) >= 11 is 0. The fourth-order valence-corrected chi connectivity index (χ4v) is 2.18. The van der Waals surface area contributed by atoms with Gasteiger partial charge < -0.3 is 29.4 Å². The maximum Gasteiger partial charge on any atom is 0.407 e. The smallest absolute Gasteiger partial charge is 0.407 e. The van der Waals surface area contributed by atoms with E-state index in [1.54, 1.807) is 12.1 Å². The Morgan fingerprint density at radius 1 is 1.12 bits per heavy atom. The molecule has 1 aromatic rings. The standard InChI is InChI=1S/C17H25NO7/c1-5-6-7-25-17(21)18-12(16(19)20)8-11-9-13(22-2)15(24-4)14(10-11)23-3/h9-10,12H,5-8H2,1-4H3,(H,18,21)(H,19,20). The van der Waals surface area contributed by atoms with Gasteiger partial charge in [0, 0.05) is 6.42 Å². The fraction of sp³-hybridized carbons (Fsp3) is 0.529. The number of rotatable bonds is 10. The Balaban J connectivity index is 2.91. The number of hydrogen-bond acceptors (Lipinski definition) is 6. The Hall–Kier alpha value is -2.64. The minimum atomic E-state index is -1.17. The molecule has 2 N–H and O–H groups in total. The third-order valence-corrected chi connectivity index (χ3v) is 3.49. The van der Waals surface area contributed by atoms with Gasteiger partial charge in [0.05, 0.1) is 27.9 Å². The summed E-state index contributed by atoms with van der Waals surface area (Å²) in [5.74, 6) is 0.0618. The molecule has 0 aromatic heterocycles. The Morgan fingerprint density at radius 2 is 1.72 bits per heavy atom. The van der Waals surface area contributed by atoms with Crippen molar-refractivity contribution in [2.24, 2.45) is 0 Å². The third-order valence-electron chi connectivity index (χ3n) is 3.49. The van der Waals surface area contributed by atoms with Crippen LogP contribution in [-0.4, -0.2) is 51.1 Å². The molecule has 1 aromatic carbocycles. The predicted molar refractivity (Wildman–Crippen MR) is 90.6 cm³/mol. The molecule has 0 aliphatic carbocycles. The molecule has 0 aliphatic heterocycles. The van der Waals surface area contributed by atoms with Gasteiger partial charge in [-0.2, -0.15) is 0 Å². The highest BCUT2D eigenvalue weighted by Crippen LogP contribution is 2.38. The molecule has 1 amide bonds. The van der Waals surface area contributed by atoms with Crippen LogP contribution < -0.4 is 19.5 Å². The zero-order chi connectivity index (χ0) is 18.8. The highest BCUT2D eigenvalue weighted by Gasteiger charge is 2.23. The number of carboxylic acids is 1. The van der Waals surface area contributed by atoms with Crippen molar-refractivity contribution in [3.63, 3.8) is 0 Å². The molecule has 0 spiro atoms. The van der Waals surface area contributed by atoms with Crippen LogP contribution in [0.15, 0.2) is 12.1 Å². The van der Waals surface area contributed by atoms with Crippen molar-refractivity contribution in [2.45, 2.75) is 32.2 Å². The lowest BCUT2D eigenvalue weighted by atomic mass is 10.0. The second kappa shape index (κ2) is 10.3. The van der Waals surface area contributed by atoms with Crippen molar-refractivity contribution in [3.8, 4) is 17.2 Å². The van der Waals surface area contributed by atoms with Crippen LogP contribution in [0.5, 0.6) is 17.2 Å². The van der Waals surface area contributed by atoms with E-state index in [9.17, 15) is 14.7 Å². The van der Waals surface area contributed by atoms with Gasteiger partial charge in [0.2, 0.25) is 5.75 Å². The molecule has 140 valence electrons. The van der Waals surface area contributed by atoms with Gasteiger partial charge in [-0.25, -0.2) is 9.59 Å². The van der Waals surface area contributed by atoms with E-state index in [1.165, 1.54) is 21.3 Å². The Kier molecular flexibility index (Phi) is 8.38. The van der Waals surface area contributed by atoms with Crippen molar-refractivity contribution < 1.29 is 33.6 Å². The van der Waals surface area contributed by atoms with Gasteiger partial charge in [-0.3, -0.25) is 0 Å². The van der Waals surface area contributed by atoms with Crippen LogP contribution in [0.1, 0.15) is 25.3 Å². The summed E-state index contributed by atoms with van der Waals surface area (Å²) in [4.78, 5) is 23.1. The first-order valence-electron chi connectivity index (χ1n) is 7.91. The number of carbonyl (C=O) groups excluding carboxylic acids is 1. The first-order chi connectivity index (χ1) is 12.0. The molecule has 0 aliphatic rings. The first kappa shape index (κ1) is 20.4. The summed E-state index contributed by atoms with van der Waals surface area (Å²) in [6.07, 6.45) is 0.877. The minimum Gasteiger partial charge on any atom is -0.493 e. The SMILES string of the molecule is CCCCOC(=O)NC(Cc1cc(OC)c(OC)c(OC)c1)C(=O)O. The number of hydrogen-bond donors (Lipinski definition) is 2. The Labute approximate surface area is 147 Å². The molecule has 25 heavy (non-hydrogen) atoms. The highest BCUT2D eigenvalue weighted by atomic mass is 16.5. The average Bonchev–Trinajstić information content (AvgIpc) is 2.60. The van der Waals surface area contributed by atoms with Gasteiger partial charge in [-0.15, -0.1) is 0 Å². The summed E-state index contributed by atoms with van der Waals surface area (Å²) in [6, 6.07) is 2.14. The Morgan fingerprint density at radius 3 is 2.16 bits per heavy atom. The molecular weight excluding hydrogens is 330 g/mol. The lowest BCUT2D eigenvalue weighted by molar-refractivity contribution is -0.139. The van der Waals surface area contributed by atoms with E-state index < -0.39 is 18.1 Å². The van der Waals surface area contributed by atoms with Crippen molar-refractivity contribution in [1.82, 2.24) is 5.32 Å². The van der Waals surface area contributed by atoms with Crippen LogP contribution in [0.25, 0.3) is 0 Å². The van der Waals surface area contributed by atoms with Crippen molar-refractivity contribution in [1.29, 1.82) is 0 Å². The number of ether oxygens (including phenoxy) is 4. The van der Waals surface area contributed by atoms with Gasteiger partial charge in [0.25, 0.3) is 0 Å². The number of benzene rings is 1. The zero-order valence-corrected chi connectivity index (χ0v) is 15.0. The van der Waals surface area contributed by atoms with Crippen LogP contribution in [0.2, 0.25) is 0 Å². The molecule has 1 unspecified atom stereocenters. The number of carboxylic acid groups (broad SMARTS) is 1. The number of nitrogens with one attached hydrogen (secondary N) is 1. The largest absolute Gasteiger partial charge is 0.493 e. The van der Waals surface area contributed by atoms with Gasteiger partial charge in [0.15, 0.2) is 11.5 Å². The molecule has 8 heteroatoms. The van der Waals surface area contributed by atoms with Gasteiger partial charge >= 0.3 is 12.1 Å². The minimum absolute atomic E-state index is 0.0366. The number of alkyl carbamates (subject to hydrolysis) is 1. The van der Waals surface area contributed by atoms with Crippen molar-refractivity contribution in [2.75, 3.05) is 27.9 Å². The maximum atomic E-state index is 11.7. The molecule has 8 nitrogen and oxygen atoms in total. The fourth-order valence-electron chi connectivity index (χ4n) is 2.18. The number of unbranched alkanes of at least 4 members (excludes halogenated alkanes) is 1. The lowest BCUT2D eigenvalue weighted by Crippen LogP contribution is -2.42. The summed E-state index contributed by atoms with van der Waals surface area (Å²) in [7, 11) is 4.42. The van der Waals surface area contributed by atoms with Crippen molar-refractivity contribution >= 4 is 12.1 Å². The van der Waals surface area contributed by atoms with Crippen LogP contribution in [0.4, 0.5) is 4.79 Å². The Bertz CT molecular complexity index is 563. The molecule has 0 bridgehead atoms. The number of methoxy groups -OCH3 is 3. The summed E-state index contributed by atoms with van der Waals surface area (Å²) < 4.78 is 20.7. The van der Waals surface area contributed by atoms with Crippen molar-refractivity contribution in [3.05, 3.63) is 17.7 Å². The quantitative estimate of drug-likeness (QED) is 0.620. The molecule has 0 radical (unpaired) electrons. The van der Waals surface area contributed by atoms with Gasteiger partial charge in [-0.1, -0.05) is 13.3 Å². The molecule has 1 rings (SSSR count). The van der Waals surface area contributed by atoms with E-state index in [1.807, 2.05) is 6.92 Å². The third kappa shape index (κ3) is 6.06. The van der Waals surface area contributed by atoms with Crippen LogP contribution in [-0.2, 0) is 16.0 Å². The summed E-state index contributed by atoms with van der Waals surface area (Å²) in [5.41, 5.74) is 0.607. The molecule has 0 fully saturated rings. The second-order valence-electron chi connectivity index (χ2n) is 5.26. The van der Waals surface area contributed by atoms with E-state index in [4.69, 9.17) is 18.9 Å². The molecule has 0 saturated heterocycles. The first-order valence-corrected chi connectivity index (χ1v) is 7.91. The van der Waals surface area contributed by atoms with Crippen LogP contribution >= 0.6 is 0 Å². The maximum absolute atomic E-state index is 11.7.